The van der Waals surface area contributed by atoms with Gasteiger partial charge in [0.05, 0.1) is 30.3 Å². The zero-order valence-electron chi connectivity index (χ0n) is 18.0. The Morgan fingerprint density at radius 2 is 2.12 bits per heavy atom. The van der Waals surface area contributed by atoms with Gasteiger partial charge in [-0.05, 0) is 31.1 Å². The molecule has 0 aromatic carbocycles. The van der Waals surface area contributed by atoms with Crippen LogP contribution >= 0.6 is 24.0 Å². The van der Waals surface area contributed by atoms with Crippen molar-refractivity contribution in [3.05, 3.63) is 44.7 Å². The zero-order valence-corrected chi connectivity index (χ0v) is 19.6. The summed E-state index contributed by atoms with van der Waals surface area (Å²) in [4.78, 5) is 32.7. The molecule has 1 aliphatic heterocycles. The van der Waals surface area contributed by atoms with E-state index in [1.807, 2.05) is 13.0 Å². The highest BCUT2D eigenvalue weighted by Gasteiger charge is 2.32. The summed E-state index contributed by atoms with van der Waals surface area (Å²) in [5, 5.41) is 12.0. The number of hydrogen-bond acceptors (Lipinski definition) is 9. The molecule has 2 aromatic heterocycles. The van der Waals surface area contributed by atoms with Crippen LogP contribution in [0.5, 0.6) is 0 Å². The Morgan fingerprint density at radius 1 is 1.31 bits per heavy atom. The molecule has 2 N–H and O–H groups in total. The van der Waals surface area contributed by atoms with Gasteiger partial charge in [-0.1, -0.05) is 30.0 Å². The van der Waals surface area contributed by atoms with Gasteiger partial charge in [-0.25, -0.2) is 4.98 Å². The molecule has 0 radical (unpaired) electrons. The number of pyridine rings is 1. The fourth-order valence-corrected chi connectivity index (χ4v) is 4.47. The van der Waals surface area contributed by atoms with Crippen molar-refractivity contribution < 1.29 is 19.4 Å². The number of nitrogens with one attached hydrogen (secondary N) is 1. The number of anilines is 1. The monoisotopic (exact) mass is 478 g/mol. The van der Waals surface area contributed by atoms with Gasteiger partial charge >= 0.3 is 0 Å². The predicted octanol–water partition coefficient (Wildman–Crippen LogP) is 1.66. The molecular formula is C21H26N4O5S2. The van der Waals surface area contributed by atoms with Crippen molar-refractivity contribution in [2.45, 2.75) is 13.3 Å². The number of fused-ring (bicyclic) bond motifs is 1. The number of aromatic nitrogens is 2. The van der Waals surface area contributed by atoms with Gasteiger partial charge in [0, 0.05) is 33.0 Å². The summed E-state index contributed by atoms with van der Waals surface area (Å²) in [6.07, 6.45) is 3.87. The molecule has 0 bridgehead atoms. The third-order valence-corrected chi connectivity index (χ3v) is 6.12. The Kier molecular flexibility index (Phi) is 8.76. The maximum atomic E-state index is 13.3. The Hall–Kier alpha value is -2.31. The second-order valence-corrected chi connectivity index (χ2v) is 8.68. The van der Waals surface area contributed by atoms with Gasteiger partial charge < -0.3 is 19.9 Å². The van der Waals surface area contributed by atoms with Gasteiger partial charge in [0.15, 0.2) is 0 Å². The summed E-state index contributed by atoms with van der Waals surface area (Å²) in [6.45, 7) is 3.73. The van der Waals surface area contributed by atoms with Crippen molar-refractivity contribution >= 4 is 51.7 Å². The van der Waals surface area contributed by atoms with Gasteiger partial charge in [-0.15, -0.1) is 0 Å². The smallest absolute Gasteiger partial charge is 0.267 e. The largest absolute Gasteiger partial charge is 0.394 e. The van der Waals surface area contributed by atoms with Crippen LogP contribution in [0.25, 0.3) is 11.7 Å². The van der Waals surface area contributed by atoms with Gasteiger partial charge in [0.1, 0.15) is 15.8 Å². The normalized spacial score (nSPS) is 15.3. The van der Waals surface area contributed by atoms with Crippen LogP contribution in [-0.2, 0) is 14.3 Å². The number of ether oxygens (including phenoxy) is 2. The summed E-state index contributed by atoms with van der Waals surface area (Å²) in [5.74, 6) is 0.128. The second-order valence-electron chi connectivity index (χ2n) is 7.01. The number of carbonyl (C=O) groups is 1. The van der Waals surface area contributed by atoms with Gasteiger partial charge in [-0.3, -0.25) is 18.9 Å². The van der Waals surface area contributed by atoms with Crippen LogP contribution in [-0.4, -0.2) is 76.2 Å². The quantitative estimate of drug-likeness (QED) is 0.283. The maximum Gasteiger partial charge on any atom is 0.267 e. The van der Waals surface area contributed by atoms with Crippen LogP contribution in [0.2, 0.25) is 0 Å². The minimum Gasteiger partial charge on any atom is -0.394 e. The molecular weight excluding hydrogens is 452 g/mol. The molecule has 2 aromatic rings. The molecule has 3 heterocycles. The highest BCUT2D eigenvalue weighted by molar-refractivity contribution is 8.26. The number of hydrogen-bond donors (Lipinski definition) is 2. The van der Waals surface area contributed by atoms with E-state index in [1.54, 1.807) is 25.4 Å². The lowest BCUT2D eigenvalue weighted by Crippen LogP contribution is -2.29. The van der Waals surface area contributed by atoms with Crippen molar-refractivity contribution in [1.82, 2.24) is 14.3 Å². The van der Waals surface area contributed by atoms with Crippen LogP contribution in [0.3, 0.4) is 0 Å². The first-order valence-corrected chi connectivity index (χ1v) is 11.4. The summed E-state index contributed by atoms with van der Waals surface area (Å²) < 4.78 is 12.3. The number of thioether (sulfide) groups is 1. The van der Waals surface area contributed by atoms with E-state index in [9.17, 15) is 9.59 Å². The first-order valence-electron chi connectivity index (χ1n) is 10.2. The van der Waals surface area contributed by atoms with Gasteiger partial charge in [0.2, 0.25) is 0 Å². The van der Waals surface area contributed by atoms with Crippen molar-refractivity contribution in [3.8, 4) is 0 Å². The van der Waals surface area contributed by atoms with E-state index in [2.05, 4.69) is 10.3 Å². The van der Waals surface area contributed by atoms with Gasteiger partial charge in [0.25, 0.3) is 11.5 Å². The number of aliphatic hydroxyl groups excluding tert-OH is 1. The Labute approximate surface area is 195 Å². The van der Waals surface area contributed by atoms with E-state index in [-0.39, 0.29) is 30.2 Å². The van der Waals surface area contributed by atoms with E-state index in [1.165, 1.54) is 21.1 Å². The van der Waals surface area contributed by atoms with Crippen molar-refractivity contribution in [3.63, 3.8) is 0 Å². The fourth-order valence-electron chi connectivity index (χ4n) is 3.18. The lowest BCUT2D eigenvalue weighted by Gasteiger charge is -2.14. The summed E-state index contributed by atoms with van der Waals surface area (Å²) in [7, 11) is 1.61. The summed E-state index contributed by atoms with van der Waals surface area (Å²) >= 11 is 6.53. The van der Waals surface area contributed by atoms with E-state index in [4.69, 9.17) is 26.8 Å². The maximum absolute atomic E-state index is 13.3. The standard InChI is InChI=1S/C21H26N4O5S2/c1-14-5-3-7-24-18(14)23-17(22-6-11-30-12-9-26)15(19(24)27)13-16-20(28)25(21(31)32-16)8-4-10-29-2/h3,5,7,13,22,26H,4,6,8-12H2,1-2H3/b16-13+. The van der Waals surface area contributed by atoms with E-state index >= 15 is 0 Å². The average molecular weight is 479 g/mol. The Balaban J connectivity index is 1.96. The molecule has 3 rings (SSSR count). The summed E-state index contributed by atoms with van der Waals surface area (Å²) in [6, 6.07) is 3.65. The molecule has 32 heavy (non-hydrogen) atoms. The van der Waals surface area contributed by atoms with Crippen LogP contribution < -0.4 is 10.9 Å². The highest BCUT2D eigenvalue weighted by atomic mass is 32.2. The lowest BCUT2D eigenvalue weighted by molar-refractivity contribution is -0.122. The number of aliphatic hydroxyl groups is 1. The van der Waals surface area contributed by atoms with E-state index in [0.29, 0.717) is 53.4 Å². The number of aryl methyl sites for hydroxylation is 1. The lowest BCUT2D eigenvalue weighted by atomic mass is 10.2. The number of nitrogens with zero attached hydrogens (tertiary/aromatic N) is 3. The molecule has 9 nitrogen and oxygen atoms in total. The molecule has 0 unspecified atom stereocenters. The third kappa shape index (κ3) is 5.54. The minimum absolute atomic E-state index is 0.0633. The second kappa shape index (κ2) is 11.5. The summed E-state index contributed by atoms with van der Waals surface area (Å²) in [5.41, 5.74) is 1.36. The first-order chi connectivity index (χ1) is 15.5. The topological polar surface area (TPSA) is 105 Å². The van der Waals surface area contributed by atoms with Crippen LogP contribution in [0, 0.1) is 6.92 Å². The van der Waals surface area contributed by atoms with Crippen molar-refractivity contribution in [1.29, 1.82) is 0 Å². The SMILES string of the molecule is COCCCN1C(=O)/C(=C\c2c(NCCOCCO)nc3c(C)cccn3c2=O)SC1=S. The van der Waals surface area contributed by atoms with Crippen molar-refractivity contribution in [2.24, 2.45) is 0 Å². The Bertz CT molecular complexity index is 1090. The molecule has 1 saturated heterocycles. The number of methoxy groups -OCH3 is 1. The number of amides is 1. The average Bonchev–Trinajstić information content (AvgIpc) is 3.04. The minimum atomic E-state index is -0.290. The zero-order chi connectivity index (χ0) is 23.1. The van der Waals surface area contributed by atoms with E-state index < -0.39 is 0 Å². The van der Waals surface area contributed by atoms with Crippen LogP contribution in [0.4, 0.5) is 5.82 Å². The molecule has 0 atom stereocenters. The molecule has 0 spiro atoms. The van der Waals surface area contributed by atoms with Crippen LogP contribution in [0.15, 0.2) is 28.0 Å². The predicted molar refractivity (Wildman–Crippen MR) is 129 cm³/mol. The molecule has 1 amide bonds. The number of rotatable bonds is 11. The van der Waals surface area contributed by atoms with E-state index in [0.717, 1.165) is 5.56 Å². The number of carbonyl (C=O) groups excluding carboxylic acids is 1. The first kappa shape index (κ1) is 24.3. The molecule has 11 heteroatoms. The Morgan fingerprint density at radius 3 is 2.88 bits per heavy atom. The van der Waals surface area contributed by atoms with Gasteiger partial charge in [-0.2, -0.15) is 0 Å². The molecule has 0 aliphatic carbocycles. The molecule has 0 saturated carbocycles. The number of thiocarbonyl (C=S) groups is 1. The highest BCUT2D eigenvalue weighted by Crippen LogP contribution is 2.33. The molecule has 1 fully saturated rings. The molecule has 172 valence electrons. The third-order valence-electron chi connectivity index (χ3n) is 4.74. The van der Waals surface area contributed by atoms with Crippen LogP contribution in [0.1, 0.15) is 17.5 Å². The fraction of sp³-hybridized carbons (Fsp3) is 0.429. The van der Waals surface area contributed by atoms with Crippen molar-refractivity contribution in [2.75, 3.05) is 51.9 Å². The molecule has 1 aliphatic rings.